The predicted octanol–water partition coefficient (Wildman–Crippen LogP) is 0.998. The van der Waals surface area contributed by atoms with Crippen LogP contribution >= 0.6 is 0 Å². The first-order chi connectivity index (χ1) is 8.51. The summed E-state index contributed by atoms with van der Waals surface area (Å²) in [5.41, 5.74) is 5.54. The Morgan fingerprint density at radius 1 is 1.50 bits per heavy atom. The van der Waals surface area contributed by atoms with Crippen LogP contribution in [-0.4, -0.2) is 49.1 Å². The van der Waals surface area contributed by atoms with Crippen molar-refractivity contribution < 1.29 is 18.3 Å². The van der Waals surface area contributed by atoms with Gasteiger partial charge in [0.25, 0.3) is 0 Å². The number of nitrogens with zero attached hydrogens (tertiary/aromatic N) is 1. The van der Waals surface area contributed by atoms with Crippen LogP contribution in [0.5, 0.6) is 0 Å². The van der Waals surface area contributed by atoms with E-state index < -0.39 is 24.4 Å². The van der Waals surface area contributed by atoms with Crippen molar-refractivity contribution in [2.24, 2.45) is 11.7 Å². The van der Waals surface area contributed by atoms with Gasteiger partial charge in [-0.2, -0.15) is 8.78 Å². The third-order valence-electron chi connectivity index (χ3n) is 3.70. The summed E-state index contributed by atoms with van der Waals surface area (Å²) in [5, 5.41) is 0. The highest BCUT2D eigenvalue weighted by Crippen LogP contribution is 2.32. The lowest BCUT2D eigenvalue weighted by Crippen LogP contribution is -2.40. The fourth-order valence-electron chi connectivity index (χ4n) is 2.83. The van der Waals surface area contributed by atoms with Crippen LogP contribution in [0.2, 0.25) is 0 Å². The molecule has 2 atom stereocenters. The van der Waals surface area contributed by atoms with E-state index in [9.17, 15) is 13.6 Å². The van der Waals surface area contributed by atoms with Crippen molar-refractivity contribution in [3.05, 3.63) is 0 Å². The second-order valence-electron chi connectivity index (χ2n) is 5.28. The number of alkyl halides is 2. The van der Waals surface area contributed by atoms with Gasteiger partial charge in [-0.25, -0.2) is 4.79 Å². The number of ether oxygens (including phenoxy) is 1. The highest BCUT2D eigenvalue weighted by Gasteiger charge is 2.51. The van der Waals surface area contributed by atoms with Crippen molar-refractivity contribution in [1.29, 1.82) is 0 Å². The van der Waals surface area contributed by atoms with Gasteiger partial charge in [0, 0.05) is 13.1 Å². The lowest BCUT2D eigenvalue weighted by molar-refractivity contribution is -0.159. The van der Waals surface area contributed by atoms with Crippen LogP contribution in [0.15, 0.2) is 0 Å². The van der Waals surface area contributed by atoms with E-state index >= 15 is 0 Å². The molecule has 2 heterocycles. The molecule has 0 aromatic rings. The molecule has 2 fully saturated rings. The van der Waals surface area contributed by atoms with E-state index in [1.807, 2.05) is 0 Å². The van der Waals surface area contributed by atoms with Crippen LogP contribution < -0.4 is 5.73 Å². The number of esters is 1. The van der Waals surface area contributed by atoms with Gasteiger partial charge in [-0.05, 0) is 38.3 Å². The Balaban J connectivity index is 1.81. The molecule has 0 aromatic carbocycles. The van der Waals surface area contributed by atoms with Crippen molar-refractivity contribution in [3.8, 4) is 0 Å². The Bertz CT molecular complexity index is 310. The van der Waals surface area contributed by atoms with Crippen molar-refractivity contribution in [3.63, 3.8) is 0 Å². The van der Waals surface area contributed by atoms with Gasteiger partial charge in [0.05, 0.1) is 6.42 Å². The van der Waals surface area contributed by atoms with Crippen molar-refractivity contribution in [2.45, 2.75) is 37.7 Å². The van der Waals surface area contributed by atoms with Gasteiger partial charge in [-0.15, -0.1) is 0 Å². The summed E-state index contributed by atoms with van der Waals surface area (Å²) in [5.74, 6) is -4.12. The van der Waals surface area contributed by atoms with E-state index in [1.165, 1.54) is 0 Å². The second kappa shape index (κ2) is 5.48. The molecule has 2 aliphatic rings. The summed E-state index contributed by atoms with van der Waals surface area (Å²) >= 11 is 0. The number of cyclic esters (lactones) is 1. The summed E-state index contributed by atoms with van der Waals surface area (Å²) in [4.78, 5) is 13.0. The van der Waals surface area contributed by atoms with E-state index in [4.69, 9.17) is 10.5 Å². The molecule has 2 saturated heterocycles. The molecule has 2 unspecified atom stereocenters. The van der Waals surface area contributed by atoms with Gasteiger partial charge in [0.15, 0.2) is 0 Å². The minimum absolute atomic E-state index is 0.419. The Morgan fingerprint density at radius 2 is 2.28 bits per heavy atom. The van der Waals surface area contributed by atoms with Gasteiger partial charge < -0.3 is 10.5 Å². The molecule has 0 radical (unpaired) electrons. The molecule has 2 N–H and O–H groups in total. The van der Waals surface area contributed by atoms with Crippen LogP contribution in [0, 0.1) is 5.92 Å². The largest absolute Gasteiger partial charge is 0.456 e. The van der Waals surface area contributed by atoms with E-state index in [0.29, 0.717) is 19.0 Å². The maximum Gasteiger partial charge on any atom is 0.377 e. The minimum atomic E-state index is -3.29. The summed E-state index contributed by atoms with van der Waals surface area (Å²) < 4.78 is 30.8. The van der Waals surface area contributed by atoms with Crippen LogP contribution in [0.1, 0.15) is 25.7 Å². The molecule has 4 nitrogen and oxygen atoms in total. The molecule has 104 valence electrons. The monoisotopic (exact) mass is 262 g/mol. The van der Waals surface area contributed by atoms with Gasteiger partial charge in [-0.3, -0.25) is 4.90 Å². The summed E-state index contributed by atoms with van der Waals surface area (Å²) in [6.07, 6.45) is 2.03. The zero-order chi connectivity index (χ0) is 13.2. The molecule has 2 aliphatic heterocycles. The lowest BCUT2D eigenvalue weighted by atomic mass is 9.94. The first-order valence-electron chi connectivity index (χ1n) is 6.52. The SMILES string of the molecule is NCCC1CCCN(CC2CC(F)(F)C(=O)O2)C1. The van der Waals surface area contributed by atoms with Gasteiger partial charge in [0.1, 0.15) is 6.10 Å². The summed E-state index contributed by atoms with van der Waals surface area (Å²) in [7, 11) is 0. The molecular formula is C12H20F2N2O2. The summed E-state index contributed by atoms with van der Waals surface area (Å²) in [6.45, 7) is 2.84. The van der Waals surface area contributed by atoms with E-state index in [0.717, 1.165) is 32.4 Å². The first kappa shape index (κ1) is 13.7. The number of rotatable bonds is 4. The molecule has 0 aliphatic carbocycles. The van der Waals surface area contributed by atoms with Crippen LogP contribution in [0.4, 0.5) is 8.78 Å². The fourth-order valence-corrected chi connectivity index (χ4v) is 2.83. The Kier molecular flexibility index (Phi) is 4.17. The molecule has 0 bridgehead atoms. The minimum Gasteiger partial charge on any atom is -0.456 e. The number of nitrogens with two attached hydrogens (primary N) is 1. The summed E-state index contributed by atoms with van der Waals surface area (Å²) in [6, 6.07) is 0. The van der Waals surface area contributed by atoms with Gasteiger partial charge >= 0.3 is 11.9 Å². The average Bonchev–Trinajstić information content (AvgIpc) is 2.53. The molecular weight excluding hydrogens is 242 g/mol. The molecule has 0 aromatic heterocycles. The Labute approximate surface area is 105 Å². The maximum atomic E-state index is 13.0. The smallest absolute Gasteiger partial charge is 0.377 e. The van der Waals surface area contributed by atoms with Crippen LogP contribution in [-0.2, 0) is 9.53 Å². The number of piperidine rings is 1. The molecule has 18 heavy (non-hydrogen) atoms. The Morgan fingerprint density at radius 3 is 2.89 bits per heavy atom. The van der Waals surface area contributed by atoms with Gasteiger partial charge in [0.2, 0.25) is 0 Å². The topological polar surface area (TPSA) is 55.6 Å². The zero-order valence-electron chi connectivity index (χ0n) is 10.4. The molecule has 0 spiro atoms. The lowest BCUT2D eigenvalue weighted by Gasteiger charge is -2.33. The zero-order valence-corrected chi connectivity index (χ0v) is 10.4. The highest BCUT2D eigenvalue weighted by molar-refractivity contribution is 5.79. The van der Waals surface area contributed by atoms with Crippen LogP contribution in [0.3, 0.4) is 0 Å². The van der Waals surface area contributed by atoms with E-state index in [-0.39, 0.29) is 0 Å². The normalized spacial score (nSPS) is 32.5. The van der Waals surface area contributed by atoms with Crippen LogP contribution in [0.25, 0.3) is 0 Å². The number of halogens is 2. The number of carbonyl (C=O) groups is 1. The quantitative estimate of drug-likeness (QED) is 0.768. The first-order valence-corrected chi connectivity index (χ1v) is 6.52. The third-order valence-corrected chi connectivity index (χ3v) is 3.70. The number of hydrogen-bond donors (Lipinski definition) is 1. The van der Waals surface area contributed by atoms with E-state index in [2.05, 4.69) is 4.90 Å². The van der Waals surface area contributed by atoms with Crippen molar-refractivity contribution in [2.75, 3.05) is 26.2 Å². The fraction of sp³-hybridized carbons (Fsp3) is 0.917. The standard InChI is InChI=1S/C12H20F2N2O2/c13-12(14)6-10(18-11(12)17)8-16-5-1-2-9(7-16)3-4-15/h9-10H,1-8,15H2. The third kappa shape index (κ3) is 3.17. The molecule has 0 amide bonds. The molecule has 0 saturated carbocycles. The van der Waals surface area contributed by atoms with Crippen molar-refractivity contribution >= 4 is 5.97 Å². The predicted molar refractivity (Wildman–Crippen MR) is 62.3 cm³/mol. The molecule has 6 heteroatoms. The van der Waals surface area contributed by atoms with E-state index in [1.54, 1.807) is 0 Å². The maximum absolute atomic E-state index is 13.0. The number of hydrogen-bond acceptors (Lipinski definition) is 4. The number of carbonyl (C=O) groups excluding carboxylic acids is 1. The second-order valence-corrected chi connectivity index (χ2v) is 5.28. The average molecular weight is 262 g/mol. The highest BCUT2D eigenvalue weighted by atomic mass is 19.3. The number of likely N-dealkylation sites (tertiary alicyclic amines) is 1. The van der Waals surface area contributed by atoms with Crippen molar-refractivity contribution in [1.82, 2.24) is 4.90 Å². The molecule has 2 rings (SSSR count). The van der Waals surface area contributed by atoms with Gasteiger partial charge in [-0.1, -0.05) is 0 Å². The Hall–Kier alpha value is -0.750.